The van der Waals surface area contributed by atoms with Crippen molar-refractivity contribution in [3.05, 3.63) is 65.0 Å². The average molecular weight is 378 g/mol. The number of para-hydroxylation sites is 1. The third kappa shape index (κ3) is 2.64. The summed E-state index contributed by atoms with van der Waals surface area (Å²) in [5, 5.41) is 4.55. The number of aryl methyl sites for hydroxylation is 1. The molecular formula is C18H11ClF3N3O. The first-order valence-electron chi connectivity index (χ1n) is 7.62. The number of halogens is 4. The Morgan fingerprint density at radius 2 is 1.88 bits per heavy atom. The van der Waals surface area contributed by atoms with Crippen LogP contribution in [0.15, 0.2) is 53.1 Å². The highest BCUT2D eigenvalue weighted by Gasteiger charge is 2.36. The molecule has 0 unspecified atom stereocenters. The van der Waals surface area contributed by atoms with Crippen molar-refractivity contribution in [3.63, 3.8) is 0 Å². The van der Waals surface area contributed by atoms with Crippen LogP contribution >= 0.6 is 11.6 Å². The summed E-state index contributed by atoms with van der Waals surface area (Å²) in [6.45, 7) is 1.51. The SMILES string of the molecule is Cc1nn(-c2ccccc2Cl)c2nc(-c3ccco3)cc(C(F)(F)F)c12. The van der Waals surface area contributed by atoms with Crippen LogP contribution in [0.3, 0.4) is 0 Å². The fourth-order valence-corrected chi connectivity index (χ4v) is 3.07. The molecule has 0 fully saturated rings. The summed E-state index contributed by atoms with van der Waals surface area (Å²) in [5.74, 6) is 0.238. The molecule has 0 N–H and O–H groups in total. The van der Waals surface area contributed by atoms with Crippen LogP contribution in [-0.4, -0.2) is 14.8 Å². The third-order valence-electron chi connectivity index (χ3n) is 3.97. The van der Waals surface area contributed by atoms with E-state index < -0.39 is 11.7 Å². The second-order valence-corrected chi connectivity index (χ2v) is 6.08. The van der Waals surface area contributed by atoms with E-state index in [0.29, 0.717) is 10.7 Å². The molecule has 0 amide bonds. The van der Waals surface area contributed by atoms with Crippen molar-refractivity contribution in [3.8, 4) is 17.1 Å². The Morgan fingerprint density at radius 1 is 1.12 bits per heavy atom. The second kappa shape index (κ2) is 5.88. The van der Waals surface area contributed by atoms with Crippen molar-refractivity contribution in [2.45, 2.75) is 13.1 Å². The van der Waals surface area contributed by atoms with Gasteiger partial charge in [-0.1, -0.05) is 23.7 Å². The van der Waals surface area contributed by atoms with Crippen LogP contribution in [0.5, 0.6) is 0 Å². The summed E-state index contributed by atoms with van der Waals surface area (Å²) < 4.78 is 47.6. The Bertz CT molecular complexity index is 1100. The molecule has 132 valence electrons. The minimum atomic E-state index is -4.57. The fraction of sp³-hybridized carbons (Fsp3) is 0.111. The molecule has 4 aromatic rings. The first kappa shape index (κ1) is 16.7. The van der Waals surface area contributed by atoms with Crippen molar-refractivity contribution < 1.29 is 17.6 Å². The molecule has 0 bridgehead atoms. The highest BCUT2D eigenvalue weighted by atomic mass is 35.5. The van der Waals surface area contributed by atoms with Gasteiger partial charge in [-0.3, -0.25) is 0 Å². The molecule has 0 saturated carbocycles. The molecule has 4 rings (SSSR count). The van der Waals surface area contributed by atoms with Crippen LogP contribution in [-0.2, 0) is 6.18 Å². The number of nitrogens with zero attached hydrogens (tertiary/aromatic N) is 3. The number of hydrogen-bond donors (Lipinski definition) is 0. The lowest BCUT2D eigenvalue weighted by Gasteiger charge is -2.11. The van der Waals surface area contributed by atoms with E-state index in [9.17, 15) is 13.2 Å². The number of rotatable bonds is 2. The Balaban J connectivity index is 2.11. The Morgan fingerprint density at radius 3 is 2.54 bits per heavy atom. The molecule has 26 heavy (non-hydrogen) atoms. The molecule has 0 saturated heterocycles. The number of fused-ring (bicyclic) bond motifs is 1. The lowest BCUT2D eigenvalue weighted by atomic mass is 10.1. The number of furan rings is 1. The van der Waals surface area contributed by atoms with E-state index in [4.69, 9.17) is 16.0 Å². The summed E-state index contributed by atoms with van der Waals surface area (Å²) in [6.07, 6.45) is -3.19. The van der Waals surface area contributed by atoms with Crippen molar-refractivity contribution in [2.24, 2.45) is 0 Å². The maximum atomic E-state index is 13.7. The largest absolute Gasteiger partial charge is 0.463 e. The molecule has 0 aliphatic rings. The van der Waals surface area contributed by atoms with Gasteiger partial charge in [-0.25, -0.2) is 9.67 Å². The number of alkyl halides is 3. The Kier molecular flexibility index (Phi) is 3.77. The van der Waals surface area contributed by atoms with Crippen LogP contribution in [0, 0.1) is 6.92 Å². The monoisotopic (exact) mass is 377 g/mol. The predicted octanol–water partition coefficient (Wildman–Crippen LogP) is 5.66. The van der Waals surface area contributed by atoms with Gasteiger partial charge in [0.25, 0.3) is 0 Å². The maximum absolute atomic E-state index is 13.7. The topological polar surface area (TPSA) is 43.9 Å². The zero-order valence-electron chi connectivity index (χ0n) is 13.4. The van der Waals surface area contributed by atoms with Gasteiger partial charge < -0.3 is 4.42 Å². The van der Waals surface area contributed by atoms with Crippen molar-refractivity contribution >= 4 is 22.6 Å². The number of pyridine rings is 1. The number of aromatic nitrogens is 3. The summed E-state index contributed by atoms with van der Waals surface area (Å²) in [6, 6.07) is 10.9. The predicted molar refractivity (Wildman–Crippen MR) is 91.3 cm³/mol. The molecular weight excluding hydrogens is 367 g/mol. The molecule has 3 heterocycles. The maximum Gasteiger partial charge on any atom is 0.417 e. The van der Waals surface area contributed by atoms with Crippen LogP contribution < -0.4 is 0 Å². The van der Waals surface area contributed by atoms with Crippen LogP contribution in [0.25, 0.3) is 28.2 Å². The molecule has 0 atom stereocenters. The van der Waals surface area contributed by atoms with E-state index in [0.717, 1.165) is 6.07 Å². The minimum absolute atomic E-state index is 0.0623. The molecule has 4 nitrogen and oxygen atoms in total. The molecule has 0 aliphatic heterocycles. The molecule has 0 spiro atoms. The van der Waals surface area contributed by atoms with Crippen molar-refractivity contribution in [2.75, 3.05) is 0 Å². The highest BCUT2D eigenvalue weighted by Crippen LogP contribution is 2.39. The van der Waals surface area contributed by atoms with Gasteiger partial charge in [-0.2, -0.15) is 18.3 Å². The van der Waals surface area contributed by atoms with Gasteiger partial charge in [-0.15, -0.1) is 0 Å². The Labute approximate surface area is 150 Å². The normalized spacial score (nSPS) is 12.0. The number of hydrogen-bond acceptors (Lipinski definition) is 3. The summed E-state index contributed by atoms with van der Waals surface area (Å²) in [4.78, 5) is 4.38. The van der Waals surface area contributed by atoms with Crippen LogP contribution in [0.2, 0.25) is 5.02 Å². The van der Waals surface area contributed by atoms with Crippen molar-refractivity contribution in [1.29, 1.82) is 0 Å². The lowest BCUT2D eigenvalue weighted by Crippen LogP contribution is -2.08. The first-order valence-corrected chi connectivity index (χ1v) is 8.00. The smallest absolute Gasteiger partial charge is 0.417 e. The zero-order chi connectivity index (χ0) is 18.5. The van der Waals surface area contributed by atoms with E-state index in [1.807, 2.05) is 0 Å². The molecule has 0 radical (unpaired) electrons. The van der Waals surface area contributed by atoms with E-state index in [-0.39, 0.29) is 28.2 Å². The van der Waals surface area contributed by atoms with E-state index in [2.05, 4.69) is 10.1 Å². The van der Waals surface area contributed by atoms with Gasteiger partial charge in [-0.05, 0) is 37.3 Å². The van der Waals surface area contributed by atoms with Gasteiger partial charge in [0.2, 0.25) is 0 Å². The van der Waals surface area contributed by atoms with Gasteiger partial charge >= 0.3 is 6.18 Å². The van der Waals surface area contributed by atoms with Crippen LogP contribution in [0.1, 0.15) is 11.3 Å². The van der Waals surface area contributed by atoms with E-state index in [1.54, 1.807) is 36.4 Å². The van der Waals surface area contributed by atoms with E-state index >= 15 is 0 Å². The zero-order valence-corrected chi connectivity index (χ0v) is 14.1. The van der Waals surface area contributed by atoms with Crippen molar-refractivity contribution in [1.82, 2.24) is 14.8 Å². The van der Waals surface area contributed by atoms with Gasteiger partial charge in [0.05, 0.1) is 33.6 Å². The average Bonchev–Trinajstić information content (AvgIpc) is 3.22. The quantitative estimate of drug-likeness (QED) is 0.452. The summed E-state index contributed by atoms with van der Waals surface area (Å²) in [7, 11) is 0. The molecule has 3 aromatic heterocycles. The highest BCUT2D eigenvalue weighted by molar-refractivity contribution is 6.32. The van der Waals surface area contributed by atoms with Gasteiger partial charge in [0.1, 0.15) is 5.69 Å². The third-order valence-corrected chi connectivity index (χ3v) is 4.29. The molecule has 0 aliphatic carbocycles. The van der Waals surface area contributed by atoms with Gasteiger partial charge in [0, 0.05) is 0 Å². The molecule has 8 heteroatoms. The summed E-state index contributed by atoms with van der Waals surface area (Å²) >= 11 is 6.21. The fourth-order valence-electron chi connectivity index (χ4n) is 2.85. The first-order chi connectivity index (χ1) is 12.4. The lowest BCUT2D eigenvalue weighted by molar-refractivity contribution is -0.136. The Hall–Kier alpha value is -2.80. The number of benzene rings is 1. The molecule has 1 aromatic carbocycles. The van der Waals surface area contributed by atoms with E-state index in [1.165, 1.54) is 17.9 Å². The van der Waals surface area contributed by atoms with Crippen LogP contribution in [0.4, 0.5) is 13.2 Å². The minimum Gasteiger partial charge on any atom is -0.463 e. The van der Waals surface area contributed by atoms with Gasteiger partial charge in [0.15, 0.2) is 11.4 Å². The summed E-state index contributed by atoms with van der Waals surface area (Å²) in [5.41, 5.74) is -0.0141. The standard InChI is InChI=1S/C18H11ClF3N3O/c1-10-16-11(18(20,21)22)9-13(15-7-4-8-26-15)23-17(16)25(24-10)14-6-3-2-5-12(14)19/h2-9H,1H3. The second-order valence-electron chi connectivity index (χ2n) is 5.68.